The highest BCUT2D eigenvalue weighted by molar-refractivity contribution is 5.31. The van der Waals surface area contributed by atoms with Crippen molar-refractivity contribution in [1.29, 1.82) is 5.26 Å². The molecule has 6 heteroatoms. The predicted octanol–water partition coefficient (Wildman–Crippen LogP) is 0.501. The van der Waals surface area contributed by atoms with Crippen LogP contribution in [0.3, 0.4) is 0 Å². The molecular weight excluding hydrogens is 256 g/mol. The third-order valence-electron chi connectivity index (χ3n) is 2.65. The van der Waals surface area contributed by atoms with E-state index in [4.69, 9.17) is 15.7 Å². The van der Waals surface area contributed by atoms with Gasteiger partial charge in [0.2, 0.25) is 0 Å². The van der Waals surface area contributed by atoms with Crippen molar-refractivity contribution < 1.29 is 4.74 Å². The van der Waals surface area contributed by atoms with Crippen molar-refractivity contribution in [3.05, 3.63) is 58.0 Å². The lowest BCUT2D eigenvalue weighted by Gasteiger charge is -2.07. The average Bonchev–Trinajstić information content (AvgIpc) is 2.48. The number of rotatable bonds is 5. The summed E-state index contributed by atoms with van der Waals surface area (Å²) in [6.07, 6.45) is 1.49. The molecule has 0 bridgehead atoms. The first-order chi connectivity index (χ1) is 9.72. The van der Waals surface area contributed by atoms with Crippen molar-refractivity contribution in [1.82, 2.24) is 9.78 Å². The molecular formula is C14H14N4O2. The van der Waals surface area contributed by atoms with E-state index in [9.17, 15) is 4.79 Å². The van der Waals surface area contributed by atoms with Gasteiger partial charge in [-0.25, -0.2) is 4.68 Å². The number of hydrogen-bond acceptors (Lipinski definition) is 5. The van der Waals surface area contributed by atoms with Gasteiger partial charge in [0.25, 0.3) is 5.56 Å². The fourth-order valence-corrected chi connectivity index (χ4v) is 1.65. The molecule has 20 heavy (non-hydrogen) atoms. The second-order valence-corrected chi connectivity index (χ2v) is 4.13. The van der Waals surface area contributed by atoms with E-state index < -0.39 is 0 Å². The van der Waals surface area contributed by atoms with E-state index in [1.54, 1.807) is 24.3 Å². The lowest BCUT2D eigenvalue weighted by Crippen LogP contribution is -2.23. The van der Waals surface area contributed by atoms with E-state index in [2.05, 4.69) is 5.10 Å². The van der Waals surface area contributed by atoms with E-state index in [-0.39, 0.29) is 5.56 Å². The first-order valence-electron chi connectivity index (χ1n) is 6.12. The highest BCUT2D eigenvalue weighted by Crippen LogP contribution is 2.06. The Morgan fingerprint density at radius 2 is 2.10 bits per heavy atom. The SMILES string of the molecule is N#Cc1ccc(Cn2ncc(OCCN)cc2=O)cc1. The Labute approximate surface area is 116 Å². The predicted molar refractivity (Wildman–Crippen MR) is 73.3 cm³/mol. The Hall–Kier alpha value is -2.65. The molecule has 1 aromatic heterocycles. The first-order valence-corrected chi connectivity index (χ1v) is 6.12. The van der Waals surface area contributed by atoms with Crippen LogP contribution in [0.1, 0.15) is 11.1 Å². The Bertz CT molecular complexity index is 671. The molecule has 1 heterocycles. The van der Waals surface area contributed by atoms with Crippen LogP contribution >= 0.6 is 0 Å². The normalized spacial score (nSPS) is 10.0. The van der Waals surface area contributed by atoms with Gasteiger partial charge in [-0.1, -0.05) is 12.1 Å². The molecule has 0 saturated heterocycles. The molecule has 2 aromatic rings. The number of benzene rings is 1. The number of nitriles is 1. The minimum atomic E-state index is -0.246. The van der Waals surface area contributed by atoms with Crippen LogP contribution in [0, 0.1) is 11.3 Å². The molecule has 0 saturated carbocycles. The maximum Gasteiger partial charge on any atom is 0.270 e. The molecule has 6 nitrogen and oxygen atoms in total. The van der Waals surface area contributed by atoms with Gasteiger partial charge in [-0.15, -0.1) is 0 Å². The van der Waals surface area contributed by atoms with E-state index in [0.29, 0.717) is 31.0 Å². The van der Waals surface area contributed by atoms with Gasteiger partial charge in [-0.3, -0.25) is 4.79 Å². The van der Waals surface area contributed by atoms with Crippen LogP contribution in [0.15, 0.2) is 41.3 Å². The fraction of sp³-hybridized carbons (Fsp3) is 0.214. The molecule has 0 spiro atoms. The summed E-state index contributed by atoms with van der Waals surface area (Å²) in [5.74, 6) is 0.413. The first kappa shape index (κ1) is 13.8. The quantitative estimate of drug-likeness (QED) is 0.853. The van der Waals surface area contributed by atoms with Gasteiger partial charge in [0.05, 0.1) is 24.4 Å². The summed E-state index contributed by atoms with van der Waals surface area (Å²) in [7, 11) is 0. The number of hydrogen-bond donors (Lipinski definition) is 1. The lowest BCUT2D eigenvalue weighted by atomic mass is 10.1. The monoisotopic (exact) mass is 270 g/mol. The Kier molecular flexibility index (Phi) is 4.47. The Balaban J connectivity index is 2.13. The molecule has 0 atom stereocenters. The lowest BCUT2D eigenvalue weighted by molar-refractivity contribution is 0.324. The van der Waals surface area contributed by atoms with Gasteiger partial charge in [0.1, 0.15) is 12.4 Å². The summed E-state index contributed by atoms with van der Waals surface area (Å²) in [6.45, 7) is 1.08. The Morgan fingerprint density at radius 3 is 2.70 bits per heavy atom. The van der Waals surface area contributed by atoms with E-state index in [0.717, 1.165) is 5.56 Å². The minimum Gasteiger partial charge on any atom is -0.490 e. The van der Waals surface area contributed by atoms with E-state index in [1.807, 2.05) is 6.07 Å². The van der Waals surface area contributed by atoms with Crippen LogP contribution in [-0.2, 0) is 6.54 Å². The zero-order chi connectivity index (χ0) is 14.4. The minimum absolute atomic E-state index is 0.246. The number of nitrogens with two attached hydrogens (primary N) is 1. The van der Waals surface area contributed by atoms with Crippen LogP contribution < -0.4 is 16.0 Å². The maximum atomic E-state index is 11.9. The highest BCUT2D eigenvalue weighted by Gasteiger charge is 2.02. The number of nitrogens with zero attached hydrogens (tertiary/aromatic N) is 3. The van der Waals surface area contributed by atoms with Crippen LogP contribution in [0.5, 0.6) is 5.75 Å². The molecule has 0 aliphatic heterocycles. The summed E-state index contributed by atoms with van der Waals surface area (Å²) in [4.78, 5) is 11.9. The average molecular weight is 270 g/mol. The Morgan fingerprint density at radius 1 is 1.35 bits per heavy atom. The van der Waals surface area contributed by atoms with Gasteiger partial charge in [0, 0.05) is 12.6 Å². The van der Waals surface area contributed by atoms with Gasteiger partial charge in [-0.05, 0) is 17.7 Å². The van der Waals surface area contributed by atoms with Crippen molar-refractivity contribution in [2.75, 3.05) is 13.2 Å². The van der Waals surface area contributed by atoms with Crippen LogP contribution in [0.25, 0.3) is 0 Å². The van der Waals surface area contributed by atoms with E-state index >= 15 is 0 Å². The second-order valence-electron chi connectivity index (χ2n) is 4.13. The molecule has 102 valence electrons. The molecule has 0 fully saturated rings. The summed E-state index contributed by atoms with van der Waals surface area (Å²) < 4.78 is 6.56. The van der Waals surface area contributed by atoms with Gasteiger partial charge in [-0.2, -0.15) is 10.4 Å². The van der Waals surface area contributed by atoms with Crippen LogP contribution in [0.4, 0.5) is 0 Å². The maximum absolute atomic E-state index is 11.9. The second kappa shape index (κ2) is 6.50. The standard InChI is InChI=1S/C14H14N4O2/c15-5-6-20-13-7-14(19)18(17-9-13)10-12-3-1-11(8-16)2-4-12/h1-4,7,9H,5-6,10,15H2. The molecule has 2 N–H and O–H groups in total. The summed E-state index contributed by atoms with van der Waals surface area (Å²) in [6, 6.07) is 10.4. The summed E-state index contributed by atoms with van der Waals surface area (Å²) >= 11 is 0. The van der Waals surface area contributed by atoms with Crippen LogP contribution in [0.2, 0.25) is 0 Å². The zero-order valence-electron chi connectivity index (χ0n) is 10.8. The van der Waals surface area contributed by atoms with Gasteiger partial charge < -0.3 is 10.5 Å². The molecule has 0 radical (unpaired) electrons. The number of ether oxygens (including phenoxy) is 1. The van der Waals surface area contributed by atoms with Crippen molar-refractivity contribution >= 4 is 0 Å². The van der Waals surface area contributed by atoms with Crippen molar-refractivity contribution in [3.8, 4) is 11.8 Å². The van der Waals surface area contributed by atoms with Crippen molar-refractivity contribution in [3.63, 3.8) is 0 Å². The largest absolute Gasteiger partial charge is 0.490 e. The zero-order valence-corrected chi connectivity index (χ0v) is 10.8. The summed E-state index contributed by atoms with van der Waals surface area (Å²) in [5.41, 5.74) is 6.55. The fourth-order valence-electron chi connectivity index (χ4n) is 1.65. The number of aromatic nitrogens is 2. The molecule has 0 aliphatic rings. The van der Waals surface area contributed by atoms with Crippen molar-refractivity contribution in [2.24, 2.45) is 5.73 Å². The molecule has 2 rings (SSSR count). The highest BCUT2D eigenvalue weighted by atomic mass is 16.5. The molecule has 0 amide bonds. The third-order valence-corrected chi connectivity index (χ3v) is 2.65. The van der Waals surface area contributed by atoms with E-state index in [1.165, 1.54) is 16.9 Å². The molecule has 1 aromatic carbocycles. The van der Waals surface area contributed by atoms with Crippen LogP contribution in [-0.4, -0.2) is 22.9 Å². The summed E-state index contributed by atoms with van der Waals surface area (Å²) in [5, 5.41) is 12.8. The van der Waals surface area contributed by atoms with Crippen molar-refractivity contribution in [2.45, 2.75) is 6.54 Å². The van der Waals surface area contributed by atoms with Gasteiger partial charge >= 0.3 is 0 Å². The topological polar surface area (TPSA) is 93.9 Å². The smallest absolute Gasteiger partial charge is 0.270 e. The third kappa shape index (κ3) is 3.43. The molecule has 0 unspecified atom stereocenters. The molecule has 0 aliphatic carbocycles. The van der Waals surface area contributed by atoms with Gasteiger partial charge in [0.15, 0.2) is 0 Å².